The van der Waals surface area contributed by atoms with E-state index in [2.05, 4.69) is 20.7 Å². The Morgan fingerprint density at radius 3 is 2.22 bits per heavy atom. The Balaban J connectivity index is 1.84. The Morgan fingerprint density at radius 1 is 0.926 bits per heavy atom. The summed E-state index contributed by atoms with van der Waals surface area (Å²) in [6.07, 6.45) is 0. The standard InChI is InChI=1S/C20H16BrNO4S/c1-14-6-10-16(11-7-14)26-19-5-3-2-4-18(19)20(23)22-27(24,25)17-12-8-15(21)9-13-17/h2-13H,1H3,(H,22,23). The molecular weight excluding hydrogens is 430 g/mol. The van der Waals surface area contributed by atoms with Crippen LogP contribution in [0.3, 0.4) is 0 Å². The highest BCUT2D eigenvalue weighted by molar-refractivity contribution is 9.10. The lowest BCUT2D eigenvalue weighted by molar-refractivity contribution is 0.0979. The first-order chi connectivity index (χ1) is 12.8. The van der Waals surface area contributed by atoms with Crippen molar-refractivity contribution in [3.63, 3.8) is 0 Å². The van der Waals surface area contributed by atoms with Crippen molar-refractivity contribution in [2.45, 2.75) is 11.8 Å². The van der Waals surface area contributed by atoms with E-state index in [0.717, 1.165) is 10.0 Å². The highest BCUT2D eigenvalue weighted by Gasteiger charge is 2.21. The average Bonchev–Trinajstić information content (AvgIpc) is 2.64. The van der Waals surface area contributed by atoms with E-state index in [-0.39, 0.29) is 16.2 Å². The van der Waals surface area contributed by atoms with E-state index in [1.54, 1.807) is 42.5 Å². The molecule has 0 saturated heterocycles. The number of sulfonamides is 1. The number of rotatable bonds is 5. The van der Waals surface area contributed by atoms with Gasteiger partial charge in [0.25, 0.3) is 15.9 Å². The Morgan fingerprint density at radius 2 is 1.56 bits per heavy atom. The number of carbonyl (C=O) groups is 1. The number of carbonyl (C=O) groups excluding carboxylic acids is 1. The van der Waals surface area contributed by atoms with Gasteiger partial charge in [-0.1, -0.05) is 45.8 Å². The number of hydrogen-bond donors (Lipinski definition) is 1. The van der Waals surface area contributed by atoms with Crippen LogP contribution in [-0.4, -0.2) is 14.3 Å². The molecule has 3 aromatic carbocycles. The number of hydrogen-bond acceptors (Lipinski definition) is 4. The normalized spacial score (nSPS) is 11.0. The van der Waals surface area contributed by atoms with E-state index in [1.807, 2.05) is 19.1 Å². The van der Waals surface area contributed by atoms with Crippen LogP contribution in [0.4, 0.5) is 0 Å². The largest absolute Gasteiger partial charge is 0.457 e. The molecule has 138 valence electrons. The fraction of sp³-hybridized carbons (Fsp3) is 0.0500. The number of amides is 1. The van der Waals surface area contributed by atoms with Gasteiger partial charge in [0.15, 0.2) is 0 Å². The second-order valence-corrected chi connectivity index (χ2v) is 8.40. The predicted molar refractivity (Wildman–Crippen MR) is 106 cm³/mol. The van der Waals surface area contributed by atoms with E-state index >= 15 is 0 Å². The summed E-state index contributed by atoms with van der Waals surface area (Å²) in [6.45, 7) is 1.96. The van der Waals surface area contributed by atoms with E-state index in [9.17, 15) is 13.2 Å². The molecule has 7 heteroatoms. The summed E-state index contributed by atoms with van der Waals surface area (Å²) in [4.78, 5) is 12.6. The van der Waals surface area contributed by atoms with Crippen molar-refractivity contribution in [1.82, 2.24) is 4.72 Å². The second-order valence-electron chi connectivity index (χ2n) is 5.80. The van der Waals surface area contributed by atoms with Crippen molar-refractivity contribution in [3.8, 4) is 11.5 Å². The van der Waals surface area contributed by atoms with Gasteiger partial charge < -0.3 is 4.74 Å². The molecule has 0 radical (unpaired) electrons. The average molecular weight is 446 g/mol. The third kappa shape index (κ3) is 4.75. The fourth-order valence-electron chi connectivity index (χ4n) is 2.33. The minimum Gasteiger partial charge on any atom is -0.457 e. The van der Waals surface area contributed by atoms with Gasteiger partial charge in [0, 0.05) is 4.47 Å². The van der Waals surface area contributed by atoms with Gasteiger partial charge in [0.05, 0.1) is 10.5 Å². The summed E-state index contributed by atoms with van der Waals surface area (Å²) < 4.78 is 33.5. The molecule has 27 heavy (non-hydrogen) atoms. The smallest absolute Gasteiger partial charge is 0.268 e. The summed E-state index contributed by atoms with van der Waals surface area (Å²) in [5, 5.41) is 0. The van der Waals surface area contributed by atoms with E-state index in [4.69, 9.17) is 4.74 Å². The topological polar surface area (TPSA) is 72.5 Å². The van der Waals surface area contributed by atoms with E-state index < -0.39 is 15.9 Å². The van der Waals surface area contributed by atoms with Crippen molar-refractivity contribution >= 4 is 31.9 Å². The van der Waals surface area contributed by atoms with Crippen LogP contribution < -0.4 is 9.46 Å². The van der Waals surface area contributed by atoms with Crippen LogP contribution in [0.5, 0.6) is 11.5 Å². The third-order valence-electron chi connectivity index (χ3n) is 3.73. The molecule has 1 N–H and O–H groups in total. The van der Waals surface area contributed by atoms with Gasteiger partial charge in [-0.25, -0.2) is 13.1 Å². The Kier molecular flexibility index (Phi) is 5.62. The van der Waals surface area contributed by atoms with Crippen molar-refractivity contribution in [2.24, 2.45) is 0 Å². The minimum absolute atomic E-state index is 0.00372. The van der Waals surface area contributed by atoms with Crippen LogP contribution in [0.1, 0.15) is 15.9 Å². The van der Waals surface area contributed by atoms with Crippen molar-refractivity contribution < 1.29 is 17.9 Å². The summed E-state index contributed by atoms with van der Waals surface area (Å²) >= 11 is 3.25. The molecule has 0 aliphatic rings. The fourth-order valence-corrected chi connectivity index (χ4v) is 3.56. The van der Waals surface area contributed by atoms with Crippen molar-refractivity contribution in [2.75, 3.05) is 0 Å². The van der Waals surface area contributed by atoms with Crippen LogP contribution in [0.15, 0.2) is 82.2 Å². The lowest BCUT2D eigenvalue weighted by Gasteiger charge is -2.12. The molecule has 0 spiro atoms. The molecule has 3 aromatic rings. The summed E-state index contributed by atoms with van der Waals surface area (Å²) in [5.41, 5.74) is 1.20. The second kappa shape index (κ2) is 7.94. The lowest BCUT2D eigenvalue weighted by Crippen LogP contribution is -2.30. The Bertz CT molecular complexity index is 1060. The predicted octanol–water partition coefficient (Wildman–Crippen LogP) is 4.67. The molecule has 0 unspecified atom stereocenters. The first kappa shape index (κ1) is 19.1. The summed E-state index contributed by atoms with van der Waals surface area (Å²) in [6, 6.07) is 19.8. The van der Waals surface area contributed by atoms with Crippen molar-refractivity contribution in [1.29, 1.82) is 0 Å². The van der Waals surface area contributed by atoms with Gasteiger partial charge in [0.1, 0.15) is 11.5 Å². The molecule has 0 atom stereocenters. The molecule has 0 saturated carbocycles. The lowest BCUT2D eigenvalue weighted by atomic mass is 10.2. The number of para-hydroxylation sites is 1. The SMILES string of the molecule is Cc1ccc(Oc2ccccc2C(=O)NS(=O)(=O)c2ccc(Br)cc2)cc1. The van der Waals surface area contributed by atoms with Gasteiger partial charge in [-0.15, -0.1) is 0 Å². The number of benzene rings is 3. The number of nitrogens with one attached hydrogen (secondary N) is 1. The molecule has 0 fully saturated rings. The maximum Gasteiger partial charge on any atom is 0.268 e. The van der Waals surface area contributed by atoms with Crippen LogP contribution in [0.2, 0.25) is 0 Å². The molecule has 0 aliphatic carbocycles. The summed E-state index contributed by atoms with van der Waals surface area (Å²) in [7, 11) is -4.00. The molecule has 0 bridgehead atoms. The molecule has 0 aromatic heterocycles. The number of ether oxygens (including phenoxy) is 1. The van der Waals surface area contributed by atoms with E-state index in [0.29, 0.717) is 5.75 Å². The highest BCUT2D eigenvalue weighted by Crippen LogP contribution is 2.26. The van der Waals surface area contributed by atoms with Crippen LogP contribution in [-0.2, 0) is 10.0 Å². The Hall–Kier alpha value is -2.64. The van der Waals surface area contributed by atoms with Crippen LogP contribution in [0, 0.1) is 6.92 Å². The molecule has 0 heterocycles. The monoisotopic (exact) mass is 445 g/mol. The Labute approximate surface area is 166 Å². The maximum absolute atomic E-state index is 12.6. The molecule has 3 rings (SSSR count). The maximum atomic E-state index is 12.6. The minimum atomic E-state index is -4.00. The third-order valence-corrected chi connectivity index (χ3v) is 5.61. The van der Waals surface area contributed by atoms with E-state index in [1.165, 1.54) is 18.2 Å². The molecule has 5 nitrogen and oxygen atoms in total. The first-order valence-electron chi connectivity index (χ1n) is 8.01. The molecule has 0 aliphatic heterocycles. The molecular formula is C20H16BrNO4S. The highest BCUT2D eigenvalue weighted by atomic mass is 79.9. The zero-order valence-corrected chi connectivity index (χ0v) is 16.7. The van der Waals surface area contributed by atoms with Gasteiger partial charge in [0.2, 0.25) is 0 Å². The molecule has 1 amide bonds. The van der Waals surface area contributed by atoms with Gasteiger partial charge in [-0.05, 0) is 55.5 Å². The zero-order valence-electron chi connectivity index (χ0n) is 14.3. The van der Waals surface area contributed by atoms with Crippen LogP contribution in [0.25, 0.3) is 0 Å². The van der Waals surface area contributed by atoms with Gasteiger partial charge in [-0.3, -0.25) is 4.79 Å². The zero-order chi connectivity index (χ0) is 19.4. The first-order valence-corrected chi connectivity index (χ1v) is 10.3. The van der Waals surface area contributed by atoms with Gasteiger partial charge >= 0.3 is 0 Å². The van der Waals surface area contributed by atoms with Crippen LogP contribution >= 0.6 is 15.9 Å². The van der Waals surface area contributed by atoms with Gasteiger partial charge in [-0.2, -0.15) is 0 Å². The quantitative estimate of drug-likeness (QED) is 0.619. The van der Waals surface area contributed by atoms with Crippen molar-refractivity contribution in [3.05, 3.63) is 88.4 Å². The number of aryl methyl sites for hydroxylation is 1. The summed E-state index contributed by atoms with van der Waals surface area (Å²) in [5.74, 6) is 0.0575. The number of halogens is 1.